The number of benzene rings is 1. The van der Waals surface area contributed by atoms with Gasteiger partial charge in [-0.3, -0.25) is 9.48 Å². The van der Waals surface area contributed by atoms with Crippen molar-refractivity contribution in [2.24, 2.45) is 5.92 Å². The van der Waals surface area contributed by atoms with Gasteiger partial charge in [0.25, 0.3) is 0 Å². The second kappa shape index (κ2) is 8.70. The van der Waals surface area contributed by atoms with Crippen molar-refractivity contribution >= 4 is 11.9 Å². The molecular formula is C20H27N5O2. The molecule has 144 valence electrons. The lowest BCUT2D eigenvalue weighted by molar-refractivity contribution is -0.126. The van der Waals surface area contributed by atoms with Crippen LogP contribution in [0.3, 0.4) is 0 Å². The molecule has 3 amide bonds. The highest BCUT2D eigenvalue weighted by atomic mass is 16.2. The molecule has 1 aromatic carbocycles. The number of hydrogen-bond donors (Lipinski definition) is 1. The standard InChI is InChI=1S/C20H27N5O2/c1-23(2)20(27)24-12-8-16(9-13-24)19(26)21-14-17-6-3-4-7-18(17)15-25-11-5-10-22-25/h3-7,10-11,16H,8-9,12-15H2,1-2H3,(H,21,26). The first-order valence-electron chi connectivity index (χ1n) is 9.32. The summed E-state index contributed by atoms with van der Waals surface area (Å²) >= 11 is 0. The minimum atomic E-state index is -0.0329. The number of carbonyl (C=O) groups is 2. The molecule has 1 aromatic heterocycles. The maximum Gasteiger partial charge on any atom is 0.319 e. The molecule has 1 aliphatic rings. The molecule has 1 N–H and O–H groups in total. The van der Waals surface area contributed by atoms with Crippen molar-refractivity contribution in [3.05, 3.63) is 53.9 Å². The van der Waals surface area contributed by atoms with Crippen LogP contribution in [-0.4, -0.2) is 58.7 Å². The van der Waals surface area contributed by atoms with E-state index < -0.39 is 0 Å². The molecule has 3 rings (SSSR count). The quantitative estimate of drug-likeness (QED) is 0.876. The molecule has 1 fully saturated rings. The lowest BCUT2D eigenvalue weighted by Crippen LogP contribution is -2.46. The molecule has 7 heteroatoms. The molecule has 2 heterocycles. The van der Waals surface area contributed by atoms with E-state index in [-0.39, 0.29) is 17.9 Å². The lowest BCUT2D eigenvalue weighted by Gasteiger charge is -2.33. The molecule has 0 atom stereocenters. The first-order valence-corrected chi connectivity index (χ1v) is 9.32. The van der Waals surface area contributed by atoms with Crippen molar-refractivity contribution in [3.8, 4) is 0 Å². The van der Waals surface area contributed by atoms with Crippen LogP contribution in [0.15, 0.2) is 42.7 Å². The van der Waals surface area contributed by atoms with Gasteiger partial charge in [0.15, 0.2) is 0 Å². The topological polar surface area (TPSA) is 70.5 Å². The first-order chi connectivity index (χ1) is 13.0. The third kappa shape index (κ3) is 4.87. The number of hydrogen-bond acceptors (Lipinski definition) is 3. The van der Waals surface area contributed by atoms with Gasteiger partial charge in [0.1, 0.15) is 0 Å². The van der Waals surface area contributed by atoms with Crippen LogP contribution in [0.1, 0.15) is 24.0 Å². The molecule has 0 bridgehead atoms. The van der Waals surface area contributed by atoms with Gasteiger partial charge >= 0.3 is 6.03 Å². The number of carbonyl (C=O) groups excluding carboxylic acids is 2. The van der Waals surface area contributed by atoms with Gasteiger partial charge in [-0.05, 0) is 30.0 Å². The smallest absolute Gasteiger partial charge is 0.319 e. The van der Waals surface area contributed by atoms with E-state index in [1.165, 1.54) is 0 Å². The summed E-state index contributed by atoms with van der Waals surface area (Å²) < 4.78 is 1.87. The Bertz CT molecular complexity index is 764. The van der Waals surface area contributed by atoms with Gasteiger partial charge < -0.3 is 15.1 Å². The van der Waals surface area contributed by atoms with Crippen molar-refractivity contribution in [1.82, 2.24) is 24.9 Å². The lowest BCUT2D eigenvalue weighted by atomic mass is 9.96. The third-order valence-electron chi connectivity index (χ3n) is 4.98. The summed E-state index contributed by atoms with van der Waals surface area (Å²) in [5.74, 6) is 0.0373. The minimum absolute atomic E-state index is 0.0152. The number of rotatable bonds is 5. The van der Waals surface area contributed by atoms with Crippen molar-refractivity contribution in [1.29, 1.82) is 0 Å². The predicted octanol–water partition coefficient (Wildman–Crippen LogP) is 1.94. The summed E-state index contributed by atoms with van der Waals surface area (Å²) in [4.78, 5) is 28.0. The SMILES string of the molecule is CN(C)C(=O)N1CCC(C(=O)NCc2ccccc2Cn2cccn2)CC1. The summed E-state index contributed by atoms with van der Waals surface area (Å²) in [6, 6.07) is 10.0. The zero-order valence-corrected chi connectivity index (χ0v) is 16.0. The first kappa shape index (κ1) is 18.9. The van der Waals surface area contributed by atoms with E-state index in [4.69, 9.17) is 0 Å². The fourth-order valence-electron chi connectivity index (χ4n) is 3.40. The Morgan fingerprint density at radius 3 is 2.48 bits per heavy atom. The van der Waals surface area contributed by atoms with Crippen LogP contribution in [0, 0.1) is 5.92 Å². The number of amides is 3. The normalized spacial score (nSPS) is 14.8. The Hall–Kier alpha value is -2.83. The van der Waals surface area contributed by atoms with Gasteiger partial charge in [-0.15, -0.1) is 0 Å². The molecule has 0 saturated carbocycles. The van der Waals surface area contributed by atoms with Crippen LogP contribution in [0.25, 0.3) is 0 Å². The van der Waals surface area contributed by atoms with Gasteiger partial charge in [-0.1, -0.05) is 24.3 Å². The van der Waals surface area contributed by atoms with Gasteiger partial charge in [0, 0.05) is 52.0 Å². The Labute approximate surface area is 159 Å². The fraction of sp³-hybridized carbons (Fsp3) is 0.450. The van der Waals surface area contributed by atoms with E-state index in [9.17, 15) is 9.59 Å². The number of nitrogens with zero attached hydrogens (tertiary/aromatic N) is 4. The molecule has 0 aliphatic carbocycles. The zero-order valence-electron chi connectivity index (χ0n) is 16.0. The van der Waals surface area contributed by atoms with E-state index in [1.54, 1.807) is 25.2 Å². The van der Waals surface area contributed by atoms with E-state index in [1.807, 2.05) is 40.0 Å². The number of nitrogens with one attached hydrogen (secondary N) is 1. The van der Waals surface area contributed by atoms with Gasteiger partial charge in [0.05, 0.1) is 6.54 Å². The van der Waals surface area contributed by atoms with Crippen LogP contribution in [0.2, 0.25) is 0 Å². The molecule has 0 radical (unpaired) electrons. The van der Waals surface area contributed by atoms with Gasteiger partial charge in [-0.2, -0.15) is 5.10 Å². The van der Waals surface area contributed by atoms with Gasteiger partial charge in [0.2, 0.25) is 5.91 Å². The van der Waals surface area contributed by atoms with E-state index in [0.29, 0.717) is 39.0 Å². The summed E-state index contributed by atoms with van der Waals surface area (Å²) in [5.41, 5.74) is 2.24. The van der Waals surface area contributed by atoms with Crippen LogP contribution < -0.4 is 5.32 Å². The summed E-state index contributed by atoms with van der Waals surface area (Å²) in [5, 5.41) is 7.32. The monoisotopic (exact) mass is 369 g/mol. The van der Waals surface area contributed by atoms with Gasteiger partial charge in [-0.25, -0.2) is 4.79 Å². The zero-order chi connectivity index (χ0) is 19.2. The largest absolute Gasteiger partial charge is 0.352 e. The average molecular weight is 369 g/mol. The number of likely N-dealkylation sites (tertiary alicyclic amines) is 1. The number of aromatic nitrogens is 2. The molecule has 1 aliphatic heterocycles. The summed E-state index contributed by atoms with van der Waals surface area (Å²) in [6.45, 7) is 2.45. The van der Waals surface area contributed by atoms with E-state index in [0.717, 1.165) is 11.1 Å². The second-order valence-corrected chi connectivity index (χ2v) is 7.13. The maximum atomic E-state index is 12.6. The minimum Gasteiger partial charge on any atom is -0.352 e. The molecule has 0 unspecified atom stereocenters. The average Bonchev–Trinajstić information content (AvgIpc) is 3.19. The third-order valence-corrected chi connectivity index (χ3v) is 4.98. The highest BCUT2D eigenvalue weighted by molar-refractivity contribution is 5.79. The van der Waals surface area contributed by atoms with Crippen LogP contribution in [0.4, 0.5) is 4.79 Å². The molecule has 7 nitrogen and oxygen atoms in total. The second-order valence-electron chi connectivity index (χ2n) is 7.13. The van der Waals surface area contributed by atoms with Crippen LogP contribution in [-0.2, 0) is 17.9 Å². The highest BCUT2D eigenvalue weighted by Crippen LogP contribution is 2.19. The molecule has 0 spiro atoms. The van der Waals surface area contributed by atoms with Crippen LogP contribution >= 0.6 is 0 Å². The van der Waals surface area contributed by atoms with Crippen molar-refractivity contribution in [2.45, 2.75) is 25.9 Å². The highest BCUT2D eigenvalue weighted by Gasteiger charge is 2.27. The van der Waals surface area contributed by atoms with Crippen molar-refractivity contribution < 1.29 is 9.59 Å². The molecule has 2 aromatic rings. The molecular weight excluding hydrogens is 342 g/mol. The summed E-state index contributed by atoms with van der Waals surface area (Å²) in [6.07, 6.45) is 5.11. The van der Waals surface area contributed by atoms with E-state index >= 15 is 0 Å². The van der Waals surface area contributed by atoms with Crippen molar-refractivity contribution in [2.75, 3.05) is 27.2 Å². The van der Waals surface area contributed by atoms with E-state index in [2.05, 4.69) is 16.5 Å². The molecule has 27 heavy (non-hydrogen) atoms. The van der Waals surface area contributed by atoms with Crippen molar-refractivity contribution in [3.63, 3.8) is 0 Å². The molecule has 1 saturated heterocycles. The Balaban J connectivity index is 1.52. The Morgan fingerprint density at radius 2 is 1.85 bits per heavy atom. The Kier molecular flexibility index (Phi) is 6.11. The maximum absolute atomic E-state index is 12.6. The predicted molar refractivity (Wildman–Crippen MR) is 103 cm³/mol. The summed E-state index contributed by atoms with van der Waals surface area (Å²) in [7, 11) is 3.50. The van der Waals surface area contributed by atoms with Crippen LogP contribution in [0.5, 0.6) is 0 Å². The fourth-order valence-corrected chi connectivity index (χ4v) is 3.40. The Morgan fingerprint density at radius 1 is 1.15 bits per heavy atom. The number of urea groups is 1. The number of piperidine rings is 1.